The first-order chi connectivity index (χ1) is 11.1. The van der Waals surface area contributed by atoms with Crippen molar-refractivity contribution in [3.05, 3.63) is 48.5 Å². The van der Waals surface area contributed by atoms with E-state index in [2.05, 4.69) is 10.6 Å². The molecule has 0 aliphatic heterocycles. The molecule has 0 bridgehead atoms. The first kappa shape index (κ1) is 16.6. The zero-order valence-corrected chi connectivity index (χ0v) is 13.5. The van der Waals surface area contributed by atoms with E-state index < -0.39 is 6.09 Å². The summed E-state index contributed by atoms with van der Waals surface area (Å²) in [6.07, 6.45) is -0.607. The van der Waals surface area contributed by atoms with Gasteiger partial charge in [-0.05, 0) is 36.5 Å². The van der Waals surface area contributed by atoms with Crippen molar-refractivity contribution in [1.82, 2.24) is 0 Å². The summed E-state index contributed by atoms with van der Waals surface area (Å²) in [5, 5.41) is 5.70. The maximum Gasteiger partial charge on any atom is 0.417 e. The number of amides is 1. The number of carbonyl (C=O) groups is 1. The normalized spacial score (nSPS) is 9.65. The molecule has 0 atom stereocenters. The Morgan fingerprint density at radius 1 is 0.957 bits per heavy atom. The van der Waals surface area contributed by atoms with Crippen LogP contribution in [-0.4, -0.2) is 25.5 Å². The molecule has 0 aliphatic carbocycles. The average Bonchev–Trinajstić information content (AvgIpc) is 2.55. The number of benzene rings is 2. The number of thiocarbonyl (C=S) groups is 1. The first-order valence-electron chi connectivity index (χ1n) is 6.68. The summed E-state index contributed by atoms with van der Waals surface area (Å²) in [5.74, 6) is 1.01. The van der Waals surface area contributed by atoms with E-state index in [0.29, 0.717) is 22.9 Å². The van der Waals surface area contributed by atoms with Crippen molar-refractivity contribution in [3.8, 4) is 11.5 Å². The average molecular weight is 332 g/mol. The molecule has 0 aliphatic rings. The van der Waals surface area contributed by atoms with Crippen LogP contribution in [0.25, 0.3) is 0 Å². The molecule has 2 aromatic carbocycles. The van der Waals surface area contributed by atoms with Crippen molar-refractivity contribution in [3.63, 3.8) is 0 Å². The Labute approximate surface area is 139 Å². The fourth-order valence-corrected chi connectivity index (χ4v) is 1.88. The van der Waals surface area contributed by atoms with Gasteiger partial charge in [-0.2, -0.15) is 0 Å². The third kappa shape index (κ3) is 5.15. The molecule has 0 aromatic heterocycles. The van der Waals surface area contributed by atoms with E-state index >= 15 is 0 Å². The van der Waals surface area contributed by atoms with Crippen LogP contribution in [0.3, 0.4) is 0 Å². The molecule has 23 heavy (non-hydrogen) atoms. The van der Waals surface area contributed by atoms with Crippen LogP contribution in [0.2, 0.25) is 0 Å². The second kappa shape index (κ2) is 8.00. The van der Waals surface area contributed by atoms with Crippen LogP contribution < -0.4 is 20.1 Å². The Bertz CT molecular complexity index is 706. The predicted octanol–water partition coefficient (Wildman–Crippen LogP) is 3.65. The van der Waals surface area contributed by atoms with Gasteiger partial charge in [-0.15, -0.1) is 0 Å². The van der Waals surface area contributed by atoms with Crippen LogP contribution in [0, 0.1) is 0 Å². The minimum Gasteiger partial charge on any atom is -0.497 e. The Morgan fingerprint density at radius 2 is 1.57 bits per heavy atom. The summed E-state index contributed by atoms with van der Waals surface area (Å²) in [5.41, 5.74) is 1.23. The molecule has 7 heteroatoms. The molecule has 120 valence electrons. The van der Waals surface area contributed by atoms with Gasteiger partial charge in [0.25, 0.3) is 5.17 Å². The van der Waals surface area contributed by atoms with Gasteiger partial charge in [0.1, 0.15) is 11.5 Å². The number of hydrogen-bond donors (Lipinski definition) is 2. The molecule has 2 N–H and O–H groups in total. The summed E-state index contributed by atoms with van der Waals surface area (Å²) >= 11 is 4.91. The van der Waals surface area contributed by atoms with E-state index in [-0.39, 0.29) is 5.17 Å². The molecule has 0 radical (unpaired) electrons. The van der Waals surface area contributed by atoms with Gasteiger partial charge in [0.05, 0.1) is 14.2 Å². The number of hydrogen-bond acceptors (Lipinski definition) is 5. The molecular formula is C16H16N2O4S. The van der Waals surface area contributed by atoms with Crippen LogP contribution in [0.5, 0.6) is 11.5 Å². The van der Waals surface area contributed by atoms with Crippen molar-refractivity contribution < 1.29 is 19.0 Å². The van der Waals surface area contributed by atoms with Gasteiger partial charge in [-0.1, -0.05) is 12.1 Å². The number of methoxy groups -OCH3 is 2. The lowest BCUT2D eigenvalue weighted by Crippen LogP contribution is -2.17. The molecule has 0 saturated carbocycles. The molecule has 0 unspecified atom stereocenters. The Morgan fingerprint density at radius 3 is 2.22 bits per heavy atom. The molecule has 6 nitrogen and oxygen atoms in total. The van der Waals surface area contributed by atoms with Gasteiger partial charge in [0.15, 0.2) is 0 Å². The minimum atomic E-state index is -0.607. The van der Waals surface area contributed by atoms with Crippen LogP contribution in [0.4, 0.5) is 16.2 Å². The van der Waals surface area contributed by atoms with E-state index in [4.69, 9.17) is 26.4 Å². The monoisotopic (exact) mass is 332 g/mol. The number of ether oxygens (including phenoxy) is 3. The second-order valence-electron chi connectivity index (χ2n) is 4.39. The molecule has 0 heterocycles. The highest BCUT2D eigenvalue weighted by molar-refractivity contribution is 7.80. The highest BCUT2D eigenvalue weighted by Crippen LogP contribution is 2.20. The Balaban J connectivity index is 1.99. The summed E-state index contributed by atoms with van der Waals surface area (Å²) in [6.45, 7) is 0. The summed E-state index contributed by atoms with van der Waals surface area (Å²) in [7, 11) is 3.03. The molecule has 2 aromatic rings. The third-order valence-corrected chi connectivity index (χ3v) is 3.06. The maximum atomic E-state index is 11.9. The van der Waals surface area contributed by atoms with E-state index in [9.17, 15) is 4.79 Å². The van der Waals surface area contributed by atoms with Crippen LogP contribution in [0.1, 0.15) is 0 Å². The molecule has 0 spiro atoms. The zero-order valence-electron chi connectivity index (χ0n) is 12.7. The Hall–Kier alpha value is -2.80. The predicted molar refractivity (Wildman–Crippen MR) is 92.3 cm³/mol. The highest BCUT2D eigenvalue weighted by atomic mass is 32.1. The SMILES string of the molecule is COC(=S)Nc1cccc(OC(=O)Nc2cccc(OC)c2)c1. The molecule has 1 amide bonds. The van der Waals surface area contributed by atoms with Crippen molar-refractivity contribution in [1.29, 1.82) is 0 Å². The van der Waals surface area contributed by atoms with Gasteiger partial charge in [-0.3, -0.25) is 5.32 Å². The topological polar surface area (TPSA) is 68.8 Å². The zero-order chi connectivity index (χ0) is 16.7. The van der Waals surface area contributed by atoms with Gasteiger partial charge in [-0.25, -0.2) is 4.79 Å². The molecule has 0 fully saturated rings. The molecular weight excluding hydrogens is 316 g/mol. The van der Waals surface area contributed by atoms with Crippen molar-refractivity contribution in [2.24, 2.45) is 0 Å². The second-order valence-corrected chi connectivity index (χ2v) is 4.76. The van der Waals surface area contributed by atoms with Crippen molar-refractivity contribution in [2.75, 3.05) is 24.9 Å². The smallest absolute Gasteiger partial charge is 0.417 e. The Kier molecular flexibility index (Phi) is 5.76. The van der Waals surface area contributed by atoms with Gasteiger partial charge in [0, 0.05) is 23.5 Å². The maximum absolute atomic E-state index is 11.9. The fourth-order valence-electron chi connectivity index (χ4n) is 1.76. The fraction of sp³-hybridized carbons (Fsp3) is 0.125. The first-order valence-corrected chi connectivity index (χ1v) is 7.09. The third-order valence-electron chi connectivity index (χ3n) is 2.79. The lowest BCUT2D eigenvalue weighted by atomic mass is 10.3. The van der Waals surface area contributed by atoms with Gasteiger partial charge >= 0.3 is 6.09 Å². The number of carbonyl (C=O) groups excluding carboxylic acids is 1. The number of anilines is 2. The summed E-state index contributed by atoms with van der Waals surface area (Å²) < 4.78 is 15.2. The van der Waals surface area contributed by atoms with E-state index in [1.165, 1.54) is 7.11 Å². The van der Waals surface area contributed by atoms with Crippen LogP contribution in [-0.2, 0) is 4.74 Å². The number of nitrogens with one attached hydrogen (secondary N) is 2. The van der Waals surface area contributed by atoms with Crippen LogP contribution >= 0.6 is 12.2 Å². The lowest BCUT2D eigenvalue weighted by molar-refractivity contribution is 0.215. The largest absolute Gasteiger partial charge is 0.497 e. The molecule has 2 rings (SSSR count). The lowest BCUT2D eigenvalue weighted by Gasteiger charge is -2.10. The van der Waals surface area contributed by atoms with Gasteiger partial charge < -0.3 is 19.5 Å². The van der Waals surface area contributed by atoms with Gasteiger partial charge in [0.2, 0.25) is 0 Å². The van der Waals surface area contributed by atoms with E-state index in [1.807, 2.05) is 0 Å². The van der Waals surface area contributed by atoms with E-state index in [0.717, 1.165) is 0 Å². The van der Waals surface area contributed by atoms with Crippen molar-refractivity contribution in [2.45, 2.75) is 0 Å². The van der Waals surface area contributed by atoms with E-state index in [1.54, 1.807) is 55.6 Å². The highest BCUT2D eigenvalue weighted by Gasteiger charge is 2.07. The standard InChI is InChI=1S/C16H16N2O4S/c1-20-13-7-3-5-11(9-13)17-15(19)22-14-8-4-6-12(10-14)18-16(23)21-2/h3-10H,1-2H3,(H,17,19)(H,18,23). The molecule has 0 saturated heterocycles. The van der Waals surface area contributed by atoms with Crippen molar-refractivity contribution >= 4 is 34.9 Å². The number of rotatable bonds is 4. The quantitative estimate of drug-likeness (QED) is 0.833. The summed E-state index contributed by atoms with van der Waals surface area (Å²) in [6, 6.07) is 13.8. The van der Waals surface area contributed by atoms with Crippen LogP contribution in [0.15, 0.2) is 48.5 Å². The summed E-state index contributed by atoms with van der Waals surface area (Å²) in [4.78, 5) is 11.9. The minimum absolute atomic E-state index is 0.225.